The highest BCUT2D eigenvalue weighted by Crippen LogP contribution is 2.59. The average molecular weight is 226 g/mol. The molecule has 0 aromatic rings. The minimum Gasteiger partial charge on any atom is -0.246 e. The standard InChI is InChI=1S/C6H2F8/c7-1-2-3(8)5(11,12)6(13,14)4(2,9)10/h1H2. The molecule has 0 heterocycles. The van der Waals surface area contributed by atoms with Crippen LogP contribution < -0.4 is 0 Å². The monoisotopic (exact) mass is 226 g/mol. The second-order valence-corrected chi connectivity index (χ2v) is 2.65. The van der Waals surface area contributed by atoms with E-state index >= 15 is 0 Å². The molecule has 0 saturated carbocycles. The number of hydrogen-bond donors (Lipinski definition) is 0. The summed E-state index contributed by atoms with van der Waals surface area (Å²) in [6.45, 7) is -2.38. The van der Waals surface area contributed by atoms with Crippen LogP contribution >= 0.6 is 0 Å². The lowest BCUT2D eigenvalue weighted by Crippen LogP contribution is -2.49. The van der Waals surface area contributed by atoms with Crippen LogP contribution in [0.15, 0.2) is 11.4 Å². The third kappa shape index (κ3) is 0.936. The second kappa shape index (κ2) is 2.60. The Labute approximate surface area is 72.2 Å². The number of hydrogen-bond acceptors (Lipinski definition) is 0. The van der Waals surface area contributed by atoms with Crippen LogP contribution in [0.4, 0.5) is 35.1 Å². The molecule has 0 spiro atoms. The average Bonchev–Trinajstić information content (AvgIpc) is 2.10. The van der Waals surface area contributed by atoms with Crippen molar-refractivity contribution in [2.45, 2.75) is 17.8 Å². The first kappa shape index (κ1) is 11.3. The van der Waals surface area contributed by atoms with Crippen molar-refractivity contribution in [1.82, 2.24) is 0 Å². The van der Waals surface area contributed by atoms with E-state index < -0.39 is 35.8 Å². The predicted octanol–water partition coefficient (Wildman–Crippen LogP) is 3.10. The highest BCUT2D eigenvalue weighted by atomic mass is 19.3. The van der Waals surface area contributed by atoms with E-state index in [9.17, 15) is 35.1 Å². The maximum Gasteiger partial charge on any atom is 0.382 e. The SMILES string of the molecule is FCC1=C(F)C(F)(F)C(F)(F)C1(F)F. The highest BCUT2D eigenvalue weighted by Gasteiger charge is 2.81. The van der Waals surface area contributed by atoms with Crippen LogP contribution in [0.2, 0.25) is 0 Å². The van der Waals surface area contributed by atoms with Gasteiger partial charge in [0.2, 0.25) is 0 Å². The number of halogens is 8. The van der Waals surface area contributed by atoms with E-state index in [1.165, 1.54) is 0 Å². The lowest BCUT2D eigenvalue weighted by atomic mass is 10.1. The summed E-state index contributed by atoms with van der Waals surface area (Å²) >= 11 is 0. The first-order chi connectivity index (χ1) is 6.10. The van der Waals surface area contributed by atoms with Crippen molar-refractivity contribution in [2.75, 3.05) is 6.67 Å². The Kier molecular flexibility index (Phi) is 2.09. The molecule has 0 saturated heterocycles. The van der Waals surface area contributed by atoms with E-state index in [1.807, 2.05) is 0 Å². The first-order valence-electron chi connectivity index (χ1n) is 3.19. The molecular weight excluding hydrogens is 224 g/mol. The zero-order valence-electron chi connectivity index (χ0n) is 6.23. The van der Waals surface area contributed by atoms with E-state index in [-0.39, 0.29) is 0 Å². The van der Waals surface area contributed by atoms with E-state index in [4.69, 9.17) is 0 Å². The molecule has 0 amide bonds. The van der Waals surface area contributed by atoms with Crippen LogP contribution in [0.5, 0.6) is 0 Å². The Morgan fingerprint density at radius 2 is 1.29 bits per heavy atom. The molecule has 0 aromatic carbocycles. The zero-order valence-corrected chi connectivity index (χ0v) is 6.23. The fourth-order valence-electron chi connectivity index (χ4n) is 0.994. The molecule has 1 rings (SSSR count). The molecule has 0 fully saturated rings. The molecule has 1 aliphatic rings. The van der Waals surface area contributed by atoms with E-state index in [2.05, 4.69) is 0 Å². The molecule has 0 N–H and O–H groups in total. The molecule has 82 valence electrons. The maximum absolute atomic E-state index is 12.4. The summed E-state index contributed by atoms with van der Waals surface area (Å²) in [5, 5.41) is 0. The molecule has 0 aliphatic heterocycles. The molecule has 14 heavy (non-hydrogen) atoms. The lowest BCUT2D eigenvalue weighted by molar-refractivity contribution is -0.268. The minimum absolute atomic E-state index is 2.38. The van der Waals surface area contributed by atoms with Crippen LogP contribution in [0, 0.1) is 0 Å². The van der Waals surface area contributed by atoms with Gasteiger partial charge in [0.15, 0.2) is 5.83 Å². The van der Waals surface area contributed by atoms with Gasteiger partial charge in [-0.25, -0.2) is 8.78 Å². The maximum atomic E-state index is 12.4. The molecule has 0 radical (unpaired) electrons. The fourth-order valence-corrected chi connectivity index (χ4v) is 0.994. The topological polar surface area (TPSA) is 0 Å². The molecule has 0 unspecified atom stereocenters. The van der Waals surface area contributed by atoms with Crippen LogP contribution in [0.25, 0.3) is 0 Å². The Bertz CT molecular complexity index is 288. The molecule has 0 atom stereocenters. The summed E-state index contributed by atoms with van der Waals surface area (Å²) < 4.78 is 97.6. The Morgan fingerprint density at radius 1 is 0.857 bits per heavy atom. The van der Waals surface area contributed by atoms with Gasteiger partial charge in [0.1, 0.15) is 6.67 Å². The number of rotatable bonds is 1. The zero-order chi connectivity index (χ0) is 11.4. The van der Waals surface area contributed by atoms with Crippen LogP contribution in [0.3, 0.4) is 0 Å². The van der Waals surface area contributed by atoms with Crippen molar-refractivity contribution in [3.05, 3.63) is 11.4 Å². The van der Waals surface area contributed by atoms with Crippen molar-refractivity contribution in [3.63, 3.8) is 0 Å². The highest BCUT2D eigenvalue weighted by molar-refractivity contribution is 5.37. The van der Waals surface area contributed by atoms with E-state index in [1.54, 1.807) is 0 Å². The van der Waals surface area contributed by atoms with Crippen molar-refractivity contribution in [1.29, 1.82) is 0 Å². The van der Waals surface area contributed by atoms with Crippen LogP contribution in [-0.4, -0.2) is 24.4 Å². The van der Waals surface area contributed by atoms with Gasteiger partial charge in [-0.15, -0.1) is 0 Å². The lowest BCUT2D eigenvalue weighted by Gasteiger charge is -2.24. The Balaban J connectivity index is 3.39. The van der Waals surface area contributed by atoms with Gasteiger partial charge in [-0.1, -0.05) is 0 Å². The van der Waals surface area contributed by atoms with Gasteiger partial charge in [0, 0.05) is 0 Å². The molecule has 1 aliphatic carbocycles. The van der Waals surface area contributed by atoms with Crippen LogP contribution in [-0.2, 0) is 0 Å². The molecular formula is C6H2F8. The third-order valence-electron chi connectivity index (χ3n) is 1.84. The number of alkyl halides is 7. The Hall–Kier alpha value is -0.820. The van der Waals surface area contributed by atoms with Gasteiger partial charge in [-0.05, 0) is 0 Å². The summed E-state index contributed by atoms with van der Waals surface area (Å²) in [6.07, 6.45) is 0. The van der Waals surface area contributed by atoms with E-state index in [0.717, 1.165) is 0 Å². The van der Waals surface area contributed by atoms with E-state index in [0.29, 0.717) is 0 Å². The Morgan fingerprint density at radius 3 is 1.43 bits per heavy atom. The summed E-state index contributed by atoms with van der Waals surface area (Å²) in [4.78, 5) is 0. The van der Waals surface area contributed by atoms with Crippen molar-refractivity contribution < 1.29 is 35.1 Å². The number of allylic oxidation sites excluding steroid dienone is 2. The summed E-state index contributed by atoms with van der Waals surface area (Å²) in [5.74, 6) is -20.2. The van der Waals surface area contributed by atoms with Gasteiger partial charge in [-0.2, -0.15) is 26.3 Å². The minimum atomic E-state index is -5.93. The molecule has 8 heteroatoms. The summed E-state index contributed by atoms with van der Waals surface area (Å²) in [7, 11) is 0. The predicted molar refractivity (Wildman–Crippen MR) is 29.0 cm³/mol. The molecule has 0 aromatic heterocycles. The van der Waals surface area contributed by atoms with Gasteiger partial charge >= 0.3 is 17.8 Å². The first-order valence-corrected chi connectivity index (χ1v) is 3.19. The van der Waals surface area contributed by atoms with Gasteiger partial charge < -0.3 is 0 Å². The quantitative estimate of drug-likeness (QED) is 0.602. The normalized spacial score (nSPS) is 28.3. The largest absolute Gasteiger partial charge is 0.382 e. The van der Waals surface area contributed by atoms with Gasteiger partial charge in [-0.3, -0.25) is 0 Å². The van der Waals surface area contributed by atoms with Gasteiger partial charge in [0.05, 0.1) is 5.57 Å². The van der Waals surface area contributed by atoms with Crippen molar-refractivity contribution in [2.24, 2.45) is 0 Å². The fraction of sp³-hybridized carbons (Fsp3) is 0.667. The molecule has 0 bridgehead atoms. The molecule has 0 nitrogen and oxygen atoms in total. The van der Waals surface area contributed by atoms with Crippen molar-refractivity contribution in [3.8, 4) is 0 Å². The van der Waals surface area contributed by atoms with Crippen LogP contribution in [0.1, 0.15) is 0 Å². The second-order valence-electron chi connectivity index (χ2n) is 2.65. The summed E-state index contributed by atoms with van der Waals surface area (Å²) in [6, 6.07) is 0. The smallest absolute Gasteiger partial charge is 0.246 e. The summed E-state index contributed by atoms with van der Waals surface area (Å²) in [5.41, 5.74) is -2.49. The van der Waals surface area contributed by atoms with Crippen molar-refractivity contribution >= 4 is 0 Å². The van der Waals surface area contributed by atoms with Gasteiger partial charge in [0.25, 0.3) is 0 Å². The third-order valence-corrected chi connectivity index (χ3v) is 1.84.